The molecule has 1 heterocycles. The SMILES string of the molecule is CCCCCCCCCCCC(=O)OC[C@H]1O[C@@H](S[C@H]2CC(=O)CC2(C)C)[C@H](OC(=O)CCCCCCCCCCC)[C@@H](OC(=O)CCCCCCCCCCC)[C@H]1OC(=O)CCCCCCCCCCC. The topological polar surface area (TPSA) is 132 Å². The minimum atomic E-state index is -1.21. The van der Waals surface area contributed by atoms with Crippen molar-refractivity contribution in [2.24, 2.45) is 5.41 Å². The highest BCUT2D eigenvalue weighted by Crippen LogP contribution is 2.47. The molecular weight excluding hydrogens is 925 g/mol. The molecule has 6 atom stereocenters. The molecule has 0 aromatic heterocycles. The smallest absolute Gasteiger partial charge is 0.306 e. The molecule has 2 fully saturated rings. The van der Waals surface area contributed by atoms with Crippen molar-refractivity contribution in [3.63, 3.8) is 0 Å². The Morgan fingerprint density at radius 3 is 1.08 bits per heavy atom. The van der Waals surface area contributed by atoms with Crippen molar-refractivity contribution in [1.29, 1.82) is 0 Å². The first-order chi connectivity index (χ1) is 34.9. The maximum Gasteiger partial charge on any atom is 0.306 e. The maximum absolute atomic E-state index is 14.0. The molecule has 0 amide bonds. The van der Waals surface area contributed by atoms with E-state index < -0.39 is 47.8 Å². The monoisotopic (exact) mass is 1030 g/mol. The normalized spacial score (nSPS) is 20.7. The van der Waals surface area contributed by atoms with Crippen LogP contribution in [0.15, 0.2) is 0 Å². The molecule has 1 saturated carbocycles. The van der Waals surface area contributed by atoms with Gasteiger partial charge in [-0.3, -0.25) is 24.0 Å². The number of thioether (sulfide) groups is 1. The Hall–Kier alpha value is -2.14. The Kier molecular flexibility index (Phi) is 39.4. The van der Waals surface area contributed by atoms with Gasteiger partial charge in [0.1, 0.15) is 23.9 Å². The van der Waals surface area contributed by atoms with Crippen LogP contribution in [0.3, 0.4) is 0 Å². The zero-order chi connectivity index (χ0) is 52.5. The highest BCUT2D eigenvalue weighted by Gasteiger charge is 2.55. The summed E-state index contributed by atoms with van der Waals surface area (Å²) in [6, 6.07) is 0. The van der Waals surface area contributed by atoms with E-state index in [2.05, 4.69) is 41.5 Å². The number of hydrogen-bond donors (Lipinski definition) is 0. The average Bonchev–Trinajstić information content (AvgIpc) is 3.61. The van der Waals surface area contributed by atoms with E-state index in [1.54, 1.807) is 0 Å². The number of esters is 4. The fraction of sp³-hybridized carbons (Fsp3) is 0.918. The molecule has 0 aromatic rings. The zero-order valence-corrected chi connectivity index (χ0v) is 48.2. The number of carbonyl (C=O) groups is 5. The molecule has 0 aromatic carbocycles. The lowest BCUT2D eigenvalue weighted by atomic mass is 9.91. The predicted molar refractivity (Wildman–Crippen MR) is 296 cm³/mol. The molecule has 1 saturated heterocycles. The van der Waals surface area contributed by atoms with E-state index in [0.29, 0.717) is 32.1 Å². The van der Waals surface area contributed by atoms with Gasteiger partial charge in [0, 0.05) is 43.8 Å². The predicted octanol–water partition coefficient (Wildman–Crippen LogP) is 17.2. The fourth-order valence-corrected chi connectivity index (χ4v) is 11.9. The van der Waals surface area contributed by atoms with E-state index in [0.717, 1.165) is 83.5 Å². The van der Waals surface area contributed by atoms with Crippen molar-refractivity contribution in [2.45, 2.75) is 346 Å². The van der Waals surface area contributed by atoms with Crippen LogP contribution in [0, 0.1) is 5.41 Å². The number of ether oxygens (including phenoxy) is 5. The Balaban J connectivity index is 2.37. The second-order valence-electron chi connectivity index (χ2n) is 22.4. The largest absolute Gasteiger partial charge is 0.463 e. The third-order valence-electron chi connectivity index (χ3n) is 15.0. The molecule has 11 heteroatoms. The van der Waals surface area contributed by atoms with Gasteiger partial charge in [-0.15, -0.1) is 11.8 Å². The van der Waals surface area contributed by atoms with E-state index in [1.165, 1.54) is 140 Å². The van der Waals surface area contributed by atoms with Gasteiger partial charge in [-0.05, 0) is 31.1 Å². The highest BCUT2D eigenvalue weighted by molar-refractivity contribution is 8.00. The summed E-state index contributed by atoms with van der Waals surface area (Å²) in [7, 11) is 0. The van der Waals surface area contributed by atoms with Gasteiger partial charge in [0.05, 0.1) is 0 Å². The Morgan fingerprint density at radius 2 is 0.750 bits per heavy atom. The van der Waals surface area contributed by atoms with Gasteiger partial charge in [-0.1, -0.05) is 247 Å². The van der Waals surface area contributed by atoms with Gasteiger partial charge in [0.25, 0.3) is 0 Å². The van der Waals surface area contributed by atoms with Crippen LogP contribution >= 0.6 is 11.8 Å². The van der Waals surface area contributed by atoms with Crippen LogP contribution in [0.25, 0.3) is 0 Å². The fourth-order valence-electron chi connectivity index (χ4n) is 10.3. The van der Waals surface area contributed by atoms with Crippen LogP contribution in [0.2, 0.25) is 0 Å². The minimum absolute atomic E-state index is 0.154. The van der Waals surface area contributed by atoms with Gasteiger partial charge in [-0.2, -0.15) is 0 Å². The molecule has 2 aliphatic rings. The van der Waals surface area contributed by atoms with Crippen molar-refractivity contribution >= 4 is 41.4 Å². The molecule has 0 N–H and O–H groups in total. The molecule has 0 spiro atoms. The van der Waals surface area contributed by atoms with Crippen molar-refractivity contribution in [2.75, 3.05) is 6.61 Å². The molecule has 10 nitrogen and oxygen atoms in total. The van der Waals surface area contributed by atoms with Gasteiger partial charge in [-0.25, -0.2) is 0 Å². The molecule has 2 rings (SSSR count). The van der Waals surface area contributed by atoms with E-state index in [1.807, 2.05) is 0 Å². The maximum atomic E-state index is 14.0. The summed E-state index contributed by atoms with van der Waals surface area (Å²) in [6.07, 6.45) is 36.9. The van der Waals surface area contributed by atoms with Crippen LogP contribution in [0.4, 0.5) is 0 Å². The van der Waals surface area contributed by atoms with Crippen LogP contribution in [0.5, 0.6) is 0 Å². The summed E-state index contributed by atoms with van der Waals surface area (Å²) in [5, 5.41) is -0.174. The second-order valence-corrected chi connectivity index (χ2v) is 23.7. The molecule has 420 valence electrons. The first-order valence-electron chi connectivity index (χ1n) is 30.5. The van der Waals surface area contributed by atoms with E-state index in [9.17, 15) is 24.0 Å². The van der Waals surface area contributed by atoms with Gasteiger partial charge in [0.15, 0.2) is 18.3 Å². The number of hydrogen-bond acceptors (Lipinski definition) is 11. The number of ketones is 1. The number of unbranched alkanes of at least 4 members (excludes halogenated alkanes) is 32. The molecular formula is C61H110O10S. The van der Waals surface area contributed by atoms with E-state index in [-0.39, 0.29) is 54.7 Å². The Bertz CT molecular complexity index is 1400. The highest BCUT2D eigenvalue weighted by atomic mass is 32.2. The van der Waals surface area contributed by atoms with E-state index in [4.69, 9.17) is 23.7 Å². The first-order valence-corrected chi connectivity index (χ1v) is 31.5. The first kappa shape index (κ1) is 66.0. The van der Waals surface area contributed by atoms with Crippen molar-refractivity contribution in [3.8, 4) is 0 Å². The van der Waals surface area contributed by atoms with Crippen LogP contribution < -0.4 is 0 Å². The molecule has 0 radical (unpaired) electrons. The van der Waals surface area contributed by atoms with Gasteiger partial charge in [0.2, 0.25) is 0 Å². The summed E-state index contributed by atoms with van der Waals surface area (Å²) in [6.45, 7) is 12.8. The number of rotatable bonds is 47. The lowest BCUT2D eigenvalue weighted by Gasteiger charge is -2.45. The summed E-state index contributed by atoms with van der Waals surface area (Å²) in [5.74, 6) is -1.54. The van der Waals surface area contributed by atoms with Crippen LogP contribution in [-0.2, 0) is 47.7 Å². The Labute approximate surface area is 445 Å². The molecule has 1 aliphatic carbocycles. The van der Waals surface area contributed by atoms with Crippen molar-refractivity contribution in [3.05, 3.63) is 0 Å². The summed E-state index contributed by atoms with van der Waals surface area (Å²) in [5.41, 5.74) is -1.25. The summed E-state index contributed by atoms with van der Waals surface area (Å²) >= 11 is 1.42. The van der Waals surface area contributed by atoms with E-state index >= 15 is 0 Å². The third-order valence-corrected chi connectivity index (χ3v) is 16.8. The lowest BCUT2D eigenvalue weighted by molar-refractivity contribution is -0.239. The number of Topliss-reactive ketones (excluding diaryl/α,β-unsaturated/α-hetero) is 1. The summed E-state index contributed by atoms with van der Waals surface area (Å²) in [4.78, 5) is 68.3. The second kappa shape index (κ2) is 43.0. The third kappa shape index (κ3) is 31.7. The van der Waals surface area contributed by atoms with Crippen molar-refractivity contribution < 1.29 is 47.7 Å². The molecule has 72 heavy (non-hydrogen) atoms. The quantitative estimate of drug-likeness (QED) is 0.0328. The lowest BCUT2D eigenvalue weighted by Crippen LogP contribution is -2.62. The molecule has 0 unspecified atom stereocenters. The molecule has 0 bridgehead atoms. The molecule has 1 aliphatic heterocycles. The average molecular weight is 1040 g/mol. The van der Waals surface area contributed by atoms with Gasteiger partial charge < -0.3 is 23.7 Å². The van der Waals surface area contributed by atoms with Gasteiger partial charge >= 0.3 is 23.9 Å². The van der Waals surface area contributed by atoms with Crippen LogP contribution in [0.1, 0.15) is 311 Å². The van der Waals surface area contributed by atoms with Crippen LogP contribution in [-0.4, -0.2) is 71.4 Å². The standard InChI is InChI=1S/C61H110O10S/c1-7-11-15-19-23-27-31-35-39-43-53(63)67-49-51-57(69-54(64)44-40-36-32-28-24-20-16-12-8-2)58(70-55(65)45-41-37-33-29-25-21-17-13-9-3)59(60(68-51)72-52-47-50(62)48-61(52,5)6)71-56(66)46-42-38-34-30-26-22-18-14-10-4/h51-52,57-60H,7-49H2,1-6H3/t51-,52+,57+,58+,59-,60+/m1/s1. The van der Waals surface area contributed by atoms with Crippen molar-refractivity contribution in [1.82, 2.24) is 0 Å². The zero-order valence-electron chi connectivity index (χ0n) is 47.4. The number of carbonyl (C=O) groups excluding carboxylic acids is 5. The minimum Gasteiger partial charge on any atom is -0.463 e. The summed E-state index contributed by atoms with van der Waals surface area (Å²) < 4.78 is 32.0. The Morgan fingerprint density at radius 1 is 0.444 bits per heavy atom.